The number of hydrogen-bond acceptors (Lipinski definition) is 5. The van der Waals surface area contributed by atoms with Gasteiger partial charge in [-0.15, -0.1) is 0 Å². The number of nitrogens with one attached hydrogen (secondary N) is 2. The number of likely N-dealkylation sites (tertiary alicyclic amines) is 1. The monoisotopic (exact) mass is 623 g/mol. The van der Waals surface area contributed by atoms with E-state index >= 15 is 0 Å². The van der Waals surface area contributed by atoms with Gasteiger partial charge in [0.1, 0.15) is 11.5 Å². The topological polar surface area (TPSA) is 79.9 Å². The maximum atomic E-state index is 13.1. The largest absolute Gasteiger partial charge is 0.457 e. The molecule has 0 spiro atoms. The molecule has 45 heavy (non-hydrogen) atoms. The van der Waals surface area contributed by atoms with Crippen molar-refractivity contribution in [3.63, 3.8) is 0 Å². The highest BCUT2D eigenvalue weighted by atomic mass is 19.4. The van der Waals surface area contributed by atoms with Crippen molar-refractivity contribution >= 4 is 11.8 Å². The van der Waals surface area contributed by atoms with Gasteiger partial charge in [-0.2, -0.15) is 13.2 Å². The number of benzene rings is 2. The number of amides is 2. The second kappa shape index (κ2) is 14.8. The lowest BCUT2D eigenvalue weighted by Crippen LogP contribution is -2.40. The number of alkyl halides is 3. The standard InChI is InChI=1S/C35H40F3N3O4/c1-24-27(5-4-7-32(24)33(42)40-23-31-6-2-3-20-44-31)22-39-21-25-16-18-41(19-17-25)34(43)26-8-12-29(13-9-26)45-30-14-10-28(11-15-30)35(36,37)38/h4,7-15,22,25,31,39H,2-3,5-6,16-21,23H2,1H3,(H,40,42)/b27-22+/t31-/m1/s1. The Balaban J connectivity index is 1.05. The molecule has 1 aliphatic carbocycles. The number of carbonyl (C=O) groups is 2. The second-order valence-corrected chi connectivity index (χ2v) is 11.8. The summed E-state index contributed by atoms with van der Waals surface area (Å²) in [5.41, 5.74) is 2.56. The quantitative estimate of drug-likeness (QED) is 0.322. The van der Waals surface area contributed by atoms with Crippen molar-refractivity contribution in [1.29, 1.82) is 0 Å². The van der Waals surface area contributed by atoms with Gasteiger partial charge in [0.2, 0.25) is 0 Å². The van der Waals surface area contributed by atoms with Crippen LogP contribution in [0.25, 0.3) is 0 Å². The predicted molar refractivity (Wildman–Crippen MR) is 166 cm³/mol. The highest BCUT2D eigenvalue weighted by molar-refractivity contribution is 5.98. The number of allylic oxidation sites excluding steroid dienone is 3. The van der Waals surface area contributed by atoms with Crippen LogP contribution in [0.2, 0.25) is 0 Å². The zero-order valence-corrected chi connectivity index (χ0v) is 25.5. The number of carbonyl (C=O) groups excluding carboxylic acids is 2. The van der Waals surface area contributed by atoms with Crippen molar-refractivity contribution in [2.45, 2.75) is 57.7 Å². The van der Waals surface area contributed by atoms with Gasteiger partial charge in [0, 0.05) is 50.1 Å². The van der Waals surface area contributed by atoms with Crippen LogP contribution in [-0.4, -0.2) is 55.6 Å². The first-order valence-corrected chi connectivity index (χ1v) is 15.6. The van der Waals surface area contributed by atoms with Gasteiger partial charge in [-0.05, 0) is 111 Å². The van der Waals surface area contributed by atoms with Crippen LogP contribution >= 0.6 is 0 Å². The molecule has 0 bridgehead atoms. The van der Waals surface area contributed by atoms with Gasteiger partial charge in [0.15, 0.2) is 0 Å². The van der Waals surface area contributed by atoms with Gasteiger partial charge in [0.05, 0.1) is 11.7 Å². The van der Waals surface area contributed by atoms with Gasteiger partial charge in [0.25, 0.3) is 11.8 Å². The van der Waals surface area contributed by atoms with Crippen LogP contribution < -0.4 is 15.4 Å². The van der Waals surface area contributed by atoms with E-state index in [4.69, 9.17) is 9.47 Å². The number of hydrogen-bond donors (Lipinski definition) is 2. The second-order valence-electron chi connectivity index (χ2n) is 11.8. The third-order valence-corrected chi connectivity index (χ3v) is 8.62. The highest BCUT2D eigenvalue weighted by Gasteiger charge is 2.30. The van der Waals surface area contributed by atoms with Gasteiger partial charge in [-0.25, -0.2) is 0 Å². The molecule has 2 N–H and O–H groups in total. The first kappa shape index (κ1) is 32.3. The summed E-state index contributed by atoms with van der Waals surface area (Å²) < 4.78 is 49.7. The lowest BCUT2D eigenvalue weighted by atomic mass is 9.93. The number of ether oxygens (including phenoxy) is 2. The summed E-state index contributed by atoms with van der Waals surface area (Å²) in [5, 5.41) is 6.49. The minimum atomic E-state index is -4.40. The summed E-state index contributed by atoms with van der Waals surface area (Å²) >= 11 is 0. The third kappa shape index (κ3) is 8.78. The summed E-state index contributed by atoms with van der Waals surface area (Å²) in [7, 11) is 0. The van der Waals surface area contributed by atoms with Crippen molar-refractivity contribution in [2.24, 2.45) is 5.92 Å². The molecule has 3 aliphatic rings. The Hall–Kier alpha value is -4.05. The van der Waals surface area contributed by atoms with Crippen LogP contribution in [0.3, 0.4) is 0 Å². The Morgan fingerprint density at radius 3 is 2.31 bits per heavy atom. The third-order valence-electron chi connectivity index (χ3n) is 8.62. The van der Waals surface area contributed by atoms with Gasteiger partial charge < -0.3 is 25.0 Å². The molecule has 0 radical (unpaired) electrons. The van der Waals surface area contributed by atoms with E-state index in [1.165, 1.54) is 12.1 Å². The van der Waals surface area contributed by atoms with Crippen molar-refractivity contribution in [1.82, 2.24) is 15.5 Å². The van der Waals surface area contributed by atoms with Crippen molar-refractivity contribution < 1.29 is 32.2 Å². The molecule has 2 heterocycles. The first-order valence-electron chi connectivity index (χ1n) is 15.6. The fourth-order valence-corrected chi connectivity index (χ4v) is 5.82. The summed E-state index contributed by atoms with van der Waals surface area (Å²) in [6.07, 6.45) is 7.35. The molecular formula is C35H40F3N3O4. The van der Waals surface area contributed by atoms with Crippen molar-refractivity contribution in [2.75, 3.05) is 32.8 Å². The highest BCUT2D eigenvalue weighted by Crippen LogP contribution is 2.32. The average molecular weight is 624 g/mol. The van der Waals surface area contributed by atoms with Crippen LogP contribution in [0.5, 0.6) is 11.5 Å². The van der Waals surface area contributed by atoms with Crippen LogP contribution in [0.4, 0.5) is 13.2 Å². The minimum absolute atomic E-state index is 0.0554. The van der Waals surface area contributed by atoms with Gasteiger partial charge in [-0.1, -0.05) is 12.2 Å². The molecule has 2 aliphatic heterocycles. The molecule has 1 atom stereocenters. The molecular weight excluding hydrogens is 583 g/mol. The fraction of sp³-hybridized carbons (Fsp3) is 0.429. The van der Waals surface area contributed by atoms with Crippen LogP contribution in [0.1, 0.15) is 61.4 Å². The molecule has 2 aromatic rings. The fourth-order valence-electron chi connectivity index (χ4n) is 5.82. The summed E-state index contributed by atoms with van der Waals surface area (Å²) in [4.78, 5) is 27.8. The Morgan fingerprint density at radius 1 is 0.978 bits per heavy atom. The zero-order chi connectivity index (χ0) is 31.8. The molecule has 2 fully saturated rings. The maximum absolute atomic E-state index is 13.1. The lowest BCUT2D eigenvalue weighted by molar-refractivity contribution is -0.137. The van der Waals surface area contributed by atoms with Crippen molar-refractivity contribution in [3.8, 4) is 11.5 Å². The number of rotatable bonds is 9. The SMILES string of the molecule is CC1=C(C(=O)NC[C@H]2CCCCO2)C=CC/C1=C\NCC1CCN(C(=O)c2ccc(Oc3ccc(C(F)(F)F)cc3)cc2)CC1. The molecule has 2 saturated heterocycles. The summed E-state index contributed by atoms with van der Waals surface area (Å²) in [5.74, 6) is 1.02. The first-order chi connectivity index (χ1) is 21.7. The molecule has 240 valence electrons. The van der Waals surface area contributed by atoms with E-state index in [1.54, 1.807) is 24.3 Å². The molecule has 5 rings (SSSR count). The molecule has 7 nitrogen and oxygen atoms in total. The van der Waals surface area contributed by atoms with E-state index in [-0.39, 0.29) is 23.7 Å². The van der Waals surface area contributed by atoms with E-state index in [0.717, 1.165) is 75.0 Å². The van der Waals surface area contributed by atoms with E-state index in [2.05, 4.69) is 10.6 Å². The van der Waals surface area contributed by atoms with E-state index in [0.29, 0.717) is 42.4 Å². The number of nitrogens with zero attached hydrogens (tertiary/aromatic N) is 1. The van der Waals surface area contributed by atoms with Crippen LogP contribution in [0, 0.1) is 5.92 Å². The Bertz CT molecular complexity index is 1420. The summed E-state index contributed by atoms with van der Waals surface area (Å²) in [6.45, 7) is 5.39. The normalized spacial score (nSPS) is 20.3. The number of piperidine rings is 1. The Kier molecular flexibility index (Phi) is 10.7. The van der Waals surface area contributed by atoms with E-state index in [9.17, 15) is 22.8 Å². The predicted octanol–water partition coefficient (Wildman–Crippen LogP) is 6.79. The summed E-state index contributed by atoms with van der Waals surface area (Å²) in [6, 6.07) is 11.1. The molecule has 0 aromatic heterocycles. The molecule has 10 heteroatoms. The van der Waals surface area contributed by atoms with Crippen molar-refractivity contribution in [3.05, 3.63) is 94.7 Å². The number of halogens is 3. The van der Waals surface area contributed by atoms with Gasteiger partial charge >= 0.3 is 6.18 Å². The maximum Gasteiger partial charge on any atom is 0.416 e. The van der Waals surface area contributed by atoms with Crippen LogP contribution in [0.15, 0.2) is 83.6 Å². The zero-order valence-electron chi connectivity index (χ0n) is 25.5. The minimum Gasteiger partial charge on any atom is -0.457 e. The molecule has 0 unspecified atom stereocenters. The molecule has 2 amide bonds. The smallest absolute Gasteiger partial charge is 0.416 e. The van der Waals surface area contributed by atoms with E-state index in [1.807, 2.05) is 30.2 Å². The Labute approximate surface area is 262 Å². The lowest BCUT2D eigenvalue weighted by Gasteiger charge is -2.32. The average Bonchev–Trinajstić information content (AvgIpc) is 3.05. The molecule has 0 saturated carbocycles. The molecule has 2 aromatic carbocycles. The van der Waals surface area contributed by atoms with E-state index < -0.39 is 11.7 Å². The Morgan fingerprint density at radius 2 is 1.67 bits per heavy atom. The van der Waals surface area contributed by atoms with Gasteiger partial charge in [-0.3, -0.25) is 9.59 Å². The van der Waals surface area contributed by atoms with Crippen LogP contribution in [-0.2, 0) is 15.7 Å².